The molecule has 2 aromatic rings. The number of hydrogen-bond acceptors (Lipinski definition) is 2. The molecule has 0 aliphatic carbocycles. The van der Waals surface area contributed by atoms with E-state index in [1.54, 1.807) is 12.1 Å². The molecule has 1 heterocycles. The SMILES string of the molecule is Fc1ccc(CNC(=S)N2CCN(Cc3c(Cl)cccc3Cl)CC2)cc1. The lowest BCUT2D eigenvalue weighted by Gasteiger charge is -2.36. The highest BCUT2D eigenvalue weighted by molar-refractivity contribution is 7.80. The van der Waals surface area contributed by atoms with E-state index in [9.17, 15) is 4.39 Å². The quantitative estimate of drug-likeness (QED) is 0.754. The summed E-state index contributed by atoms with van der Waals surface area (Å²) in [7, 11) is 0. The molecule has 138 valence electrons. The fourth-order valence-corrected chi connectivity index (χ4v) is 3.68. The van der Waals surface area contributed by atoms with E-state index in [0.717, 1.165) is 49.0 Å². The van der Waals surface area contributed by atoms with Gasteiger partial charge in [0.1, 0.15) is 5.82 Å². The first-order valence-corrected chi connectivity index (χ1v) is 9.62. The number of hydrogen-bond donors (Lipinski definition) is 1. The first kappa shape index (κ1) is 19.4. The van der Waals surface area contributed by atoms with Crippen molar-refractivity contribution in [3.05, 3.63) is 69.5 Å². The highest BCUT2D eigenvalue weighted by Crippen LogP contribution is 2.26. The fourth-order valence-electron chi connectivity index (χ4n) is 2.91. The summed E-state index contributed by atoms with van der Waals surface area (Å²) >= 11 is 18.0. The monoisotopic (exact) mass is 411 g/mol. The molecule has 0 amide bonds. The van der Waals surface area contributed by atoms with E-state index in [4.69, 9.17) is 35.4 Å². The molecule has 0 spiro atoms. The van der Waals surface area contributed by atoms with E-state index >= 15 is 0 Å². The third kappa shape index (κ3) is 5.07. The lowest BCUT2D eigenvalue weighted by atomic mass is 10.2. The molecule has 3 nitrogen and oxygen atoms in total. The molecular weight excluding hydrogens is 392 g/mol. The topological polar surface area (TPSA) is 18.5 Å². The van der Waals surface area contributed by atoms with Gasteiger partial charge in [0.2, 0.25) is 0 Å². The minimum atomic E-state index is -0.230. The van der Waals surface area contributed by atoms with Crippen LogP contribution in [0.15, 0.2) is 42.5 Å². The summed E-state index contributed by atoms with van der Waals surface area (Å²) in [6.45, 7) is 4.80. The van der Waals surface area contributed by atoms with Crippen LogP contribution in [0, 0.1) is 5.82 Å². The number of halogens is 3. The minimum Gasteiger partial charge on any atom is -0.358 e. The molecule has 1 fully saturated rings. The van der Waals surface area contributed by atoms with E-state index in [1.807, 2.05) is 18.2 Å². The molecule has 1 aliphatic heterocycles. The van der Waals surface area contributed by atoms with Crippen molar-refractivity contribution in [2.24, 2.45) is 0 Å². The van der Waals surface area contributed by atoms with E-state index in [-0.39, 0.29) is 5.82 Å². The Hall–Kier alpha value is -1.40. The fraction of sp³-hybridized carbons (Fsp3) is 0.316. The van der Waals surface area contributed by atoms with Crippen molar-refractivity contribution in [1.82, 2.24) is 15.1 Å². The summed E-state index contributed by atoms with van der Waals surface area (Å²) in [5, 5.41) is 5.38. The van der Waals surface area contributed by atoms with Crippen LogP contribution in [0.1, 0.15) is 11.1 Å². The van der Waals surface area contributed by atoms with Crippen LogP contribution in [0.2, 0.25) is 10.0 Å². The summed E-state index contributed by atoms with van der Waals surface area (Å²) in [6, 6.07) is 12.0. The van der Waals surface area contributed by atoms with Crippen LogP contribution in [0.25, 0.3) is 0 Å². The molecule has 1 saturated heterocycles. The van der Waals surface area contributed by atoms with Gasteiger partial charge in [-0.25, -0.2) is 4.39 Å². The third-order valence-electron chi connectivity index (χ3n) is 4.46. The predicted octanol–water partition coefficient (Wildman–Crippen LogP) is 4.32. The molecule has 2 aromatic carbocycles. The largest absolute Gasteiger partial charge is 0.358 e. The van der Waals surface area contributed by atoms with Gasteiger partial charge in [0.15, 0.2) is 5.11 Å². The van der Waals surface area contributed by atoms with E-state index < -0.39 is 0 Å². The number of benzene rings is 2. The first-order chi connectivity index (χ1) is 12.5. The summed E-state index contributed by atoms with van der Waals surface area (Å²) in [5.41, 5.74) is 1.97. The predicted molar refractivity (Wildman–Crippen MR) is 109 cm³/mol. The van der Waals surface area contributed by atoms with Gasteiger partial charge in [-0.1, -0.05) is 41.4 Å². The van der Waals surface area contributed by atoms with E-state index in [1.165, 1.54) is 12.1 Å². The Morgan fingerprint density at radius 1 is 1.00 bits per heavy atom. The number of thiocarbonyl (C=S) groups is 1. The van der Waals surface area contributed by atoms with Gasteiger partial charge in [-0.2, -0.15) is 0 Å². The highest BCUT2D eigenvalue weighted by Gasteiger charge is 2.20. The van der Waals surface area contributed by atoms with Crippen molar-refractivity contribution in [3.8, 4) is 0 Å². The molecule has 26 heavy (non-hydrogen) atoms. The molecule has 0 unspecified atom stereocenters. The van der Waals surface area contributed by atoms with Gasteiger partial charge in [-0.3, -0.25) is 4.90 Å². The van der Waals surface area contributed by atoms with Crippen LogP contribution in [-0.4, -0.2) is 41.1 Å². The third-order valence-corrected chi connectivity index (χ3v) is 5.57. The molecular formula is C19H20Cl2FN3S. The van der Waals surface area contributed by atoms with Crippen LogP contribution in [0.5, 0.6) is 0 Å². The second-order valence-electron chi connectivity index (χ2n) is 6.25. The van der Waals surface area contributed by atoms with Crippen molar-refractivity contribution in [3.63, 3.8) is 0 Å². The zero-order chi connectivity index (χ0) is 18.5. The van der Waals surface area contributed by atoms with Gasteiger partial charge < -0.3 is 10.2 Å². The Morgan fingerprint density at radius 3 is 2.23 bits per heavy atom. The number of nitrogens with one attached hydrogen (secondary N) is 1. The molecule has 0 saturated carbocycles. The smallest absolute Gasteiger partial charge is 0.169 e. The zero-order valence-corrected chi connectivity index (χ0v) is 16.5. The summed E-state index contributed by atoms with van der Waals surface area (Å²) in [4.78, 5) is 4.48. The lowest BCUT2D eigenvalue weighted by molar-refractivity contribution is 0.174. The maximum Gasteiger partial charge on any atom is 0.169 e. The highest BCUT2D eigenvalue weighted by atomic mass is 35.5. The Bertz CT molecular complexity index is 742. The number of piperazine rings is 1. The lowest BCUT2D eigenvalue weighted by Crippen LogP contribution is -2.51. The van der Waals surface area contributed by atoms with E-state index in [2.05, 4.69) is 15.1 Å². The minimum absolute atomic E-state index is 0.230. The first-order valence-electron chi connectivity index (χ1n) is 8.45. The average molecular weight is 412 g/mol. The van der Waals surface area contributed by atoms with Gasteiger partial charge in [0.25, 0.3) is 0 Å². The van der Waals surface area contributed by atoms with Gasteiger partial charge in [0.05, 0.1) is 0 Å². The molecule has 1 N–H and O–H groups in total. The average Bonchev–Trinajstić information content (AvgIpc) is 2.65. The Kier molecular flexibility index (Phi) is 6.70. The van der Waals surface area contributed by atoms with Crippen molar-refractivity contribution in [1.29, 1.82) is 0 Å². The van der Waals surface area contributed by atoms with Crippen LogP contribution >= 0.6 is 35.4 Å². The normalized spacial score (nSPS) is 15.1. The Balaban J connectivity index is 1.47. The molecule has 0 aromatic heterocycles. The molecule has 0 bridgehead atoms. The number of nitrogens with zero attached hydrogens (tertiary/aromatic N) is 2. The second-order valence-corrected chi connectivity index (χ2v) is 7.45. The zero-order valence-electron chi connectivity index (χ0n) is 14.2. The van der Waals surface area contributed by atoms with Crippen molar-refractivity contribution < 1.29 is 4.39 Å². The maximum absolute atomic E-state index is 12.9. The molecule has 1 aliphatic rings. The summed E-state index contributed by atoms with van der Waals surface area (Å²) < 4.78 is 12.9. The van der Waals surface area contributed by atoms with Crippen LogP contribution in [-0.2, 0) is 13.1 Å². The molecule has 3 rings (SSSR count). The molecule has 0 radical (unpaired) electrons. The van der Waals surface area contributed by atoms with Crippen molar-refractivity contribution in [2.75, 3.05) is 26.2 Å². The van der Waals surface area contributed by atoms with Crippen molar-refractivity contribution >= 4 is 40.5 Å². The van der Waals surface area contributed by atoms with Gasteiger partial charge >= 0.3 is 0 Å². The van der Waals surface area contributed by atoms with Crippen LogP contribution < -0.4 is 5.32 Å². The standard InChI is InChI=1S/C19H20Cl2FN3S/c20-17-2-1-3-18(21)16(17)13-24-8-10-25(11-9-24)19(26)23-12-14-4-6-15(22)7-5-14/h1-7H,8-13H2,(H,23,26). The molecule has 7 heteroatoms. The Morgan fingerprint density at radius 2 is 1.62 bits per heavy atom. The van der Waals surface area contributed by atoms with Crippen LogP contribution in [0.4, 0.5) is 4.39 Å². The van der Waals surface area contributed by atoms with Crippen molar-refractivity contribution in [2.45, 2.75) is 13.1 Å². The van der Waals surface area contributed by atoms with Gasteiger partial charge in [0, 0.05) is 54.9 Å². The van der Waals surface area contributed by atoms with E-state index in [0.29, 0.717) is 16.6 Å². The maximum atomic E-state index is 12.9. The number of rotatable bonds is 4. The van der Waals surface area contributed by atoms with Gasteiger partial charge in [-0.15, -0.1) is 0 Å². The molecule has 0 atom stereocenters. The summed E-state index contributed by atoms with van der Waals surface area (Å²) in [6.07, 6.45) is 0. The second kappa shape index (κ2) is 9.00. The van der Waals surface area contributed by atoms with Gasteiger partial charge in [-0.05, 0) is 42.0 Å². The Labute approximate surface area is 168 Å². The summed E-state index contributed by atoms with van der Waals surface area (Å²) in [5.74, 6) is -0.230. The van der Waals surface area contributed by atoms with Crippen LogP contribution in [0.3, 0.4) is 0 Å².